The summed E-state index contributed by atoms with van der Waals surface area (Å²) in [6, 6.07) is 0. The predicted molar refractivity (Wildman–Crippen MR) is 72.4 cm³/mol. The minimum atomic E-state index is -0.445. The van der Waals surface area contributed by atoms with Crippen LogP contribution in [0.2, 0.25) is 5.15 Å². The number of fused-ring (bicyclic) bond motifs is 1. The van der Waals surface area contributed by atoms with Gasteiger partial charge in [-0.2, -0.15) is 0 Å². The molecular formula is C12H15ClN4O3. The van der Waals surface area contributed by atoms with E-state index in [4.69, 9.17) is 16.3 Å². The molecule has 1 amide bonds. The fourth-order valence-corrected chi connectivity index (χ4v) is 2.20. The van der Waals surface area contributed by atoms with Gasteiger partial charge in [-0.25, -0.2) is 9.97 Å². The number of carbonyl (C=O) groups excluding carboxylic acids is 2. The third kappa shape index (κ3) is 2.98. The van der Waals surface area contributed by atoms with Crippen molar-refractivity contribution in [1.82, 2.24) is 14.9 Å². The Balaban J connectivity index is 2.26. The summed E-state index contributed by atoms with van der Waals surface area (Å²) < 4.78 is 4.87. The van der Waals surface area contributed by atoms with E-state index in [1.807, 2.05) is 0 Å². The first-order valence-electron chi connectivity index (χ1n) is 6.16. The second kappa shape index (κ2) is 6.04. The number of amides is 1. The lowest BCUT2D eigenvalue weighted by Gasteiger charge is -2.19. The van der Waals surface area contributed by atoms with Gasteiger partial charge < -0.3 is 14.5 Å². The maximum absolute atomic E-state index is 12.1. The number of halogens is 1. The van der Waals surface area contributed by atoms with Gasteiger partial charge in [0.25, 0.3) is 0 Å². The van der Waals surface area contributed by atoms with Crippen molar-refractivity contribution in [3.63, 3.8) is 0 Å². The van der Waals surface area contributed by atoms with E-state index in [0.717, 1.165) is 0 Å². The second-order valence-electron chi connectivity index (χ2n) is 4.38. The van der Waals surface area contributed by atoms with Crippen LogP contribution in [0, 0.1) is 0 Å². The number of nitrogens with zero attached hydrogens (tertiary/aromatic N) is 4. The fourth-order valence-electron chi connectivity index (χ4n) is 2.01. The number of esters is 1. The predicted octanol–water partition coefficient (Wildman–Crippen LogP) is 0.471. The maximum atomic E-state index is 12.1. The largest absolute Gasteiger partial charge is 0.465 e. The molecule has 0 spiro atoms. The second-order valence-corrected chi connectivity index (χ2v) is 4.74. The summed E-state index contributed by atoms with van der Waals surface area (Å²) in [4.78, 5) is 34.8. The molecule has 2 heterocycles. The van der Waals surface area contributed by atoms with E-state index in [-0.39, 0.29) is 37.3 Å². The Bertz CT molecular complexity index is 537. The molecule has 1 aromatic heterocycles. The highest BCUT2D eigenvalue weighted by Gasteiger charge is 2.28. The number of carbonyl (C=O) groups is 2. The van der Waals surface area contributed by atoms with Crippen molar-refractivity contribution in [2.75, 3.05) is 31.6 Å². The molecule has 1 aliphatic rings. The van der Waals surface area contributed by atoms with Gasteiger partial charge in [0.2, 0.25) is 5.91 Å². The first kappa shape index (κ1) is 14.5. The fraction of sp³-hybridized carbons (Fsp3) is 0.500. The van der Waals surface area contributed by atoms with E-state index in [0.29, 0.717) is 11.4 Å². The van der Waals surface area contributed by atoms with Crippen molar-refractivity contribution in [2.24, 2.45) is 0 Å². The molecule has 0 saturated heterocycles. The van der Waals surface area contributed by atoms with Crippen molar-refractivity contribution in [3.8, 4) is 0 Å². The van der Waals surface area contributed by atoms with Gasteiger partial charge in [0.15, 0.2) is 0 Å². The normalized spacial score (nSPS) is 14.8. The molecule has 20 heavy (non-hydrogen) atoms. The quantitative estimate of drug-likeness (QED) is 0.596. The van der Waals surface area contributed by atoms with Crippen LogP contribution in [0.25, 0.3) is 0 Å². The highest BCUT2D eigenvalue weighted by atomic mass is 35.5. The molecule has 0 radical (unpaired) electrons. The minimum absolute atomic E-state index is 0.106. The molecule has 0 atom stereocenters. The Hall–Kier alpha value is -1.89. The molecule has 1 aromatic rings. The van der Waals surface area contributed by atoms with Crippen LogP contribution in [0.1, 0.15) is 12.5 Å². The summed E-state index contributed by atoms with van der Waals surface area (Å²) >= 11 is 6.06. The van der Waals surface area contributed by atoms with Crippen LogP contribution in [0.5, 0.6) is 0 Å². The van der Waals surface area contributed by atoms with Gasteiger partial charge >= 0.3 is 5.97 Å². The number of rotatable bonds is 3. The Kier molecular flexibility index (Phi) is 4.39. The van der Waals surface area contributed by atoms with E-state index in [1.165, 1.54) is 11.2 Å². The van der Waals surface area contributed by atoms with Crippen molar-refractivity contribution in [3.05, 3.63) is 17.0 Å². The Morgan fingerprint density at radius 2 is 2.20 bits per heavy atom. The lowest BCUT2D eigenvalue weighted by molar-refractivity contribution is -0.148. The zero-order valence-electron chi connectivity index (χ0n) is 11.3. The summed E-state index contributed by atoms with van der Waals surface area (Å²) in [5.41, 5.74) is 0.631. The molecule has 2 rings (SSSR count). The molecule has 0 unspecified atom stereocenters. The van der Waals surface area contributed by atoms with Gasteiger partial charge in [-0.3, -0.25) is 9.59 Å². The Morgan fingerprint density at radius 3 is 2.90 bits per heavy atom. The SMILES string of the molecule is CCOC(=O)CN1Cc2c(Cl)ncnc2N(C)CC1=O. The highest BCUT2D eigenvalue weighted by Crippen LogP contribution is 2.26. The van der Waals surface area contributed by atoms with Crippen LogP contribution in [0.15, 0.2) is 6.33 Å². The van der Waals surface area contributed by atoms with Crippen molar-refractivity contribution >= 4 is 29.3 Å². The van der Waals surface area contributed by atoms with Crippen molar-refractivity contribution < 1.29 is 14.3 Å². The van der Waals surface area contributed by atoms with E-state index < -0.39 is 5.97 Å². The van der Waals surface area contributed by atoms with Crippen LogP contribution in [0.4, 0.5) is 5.82 Å². The molecule has 1 aliphatic heterocycles. The molecule has 0 saturated carbocycles. The first-order valence-corrected chi connectivity index (χ1v) is 6.54. The lowest BCUT2D eigenvalue weighted by atomic mass is 10.3. The molecule has 7 nitrogen and oxygen atoms in total. The third-order valence-electron chi connectivity index (χ3n) is 2.93. The van der Waals surface area contributed by atoms with Gasteiger partial charge in [0.05, 0.1) is 25.3 Å². The summed E-state index contributed by atoms with van der Waals surface area (Å²) in [7, 11) is 1.74. The molecular weight excluding hydrogens is 284 g/mol. The monoisotopic (exact) mass is 298 g/mol. The first-order chi connectivity index (χ1) is 9.52. The lowest BCUT2D eigenvalue weighted by Crippen LogP contribution is -2.39. The molecule has 0 aliphatic carbocycles. The Labute approximate surface area is 121 Å². The van der Waals surface area contributed by atoms with E-state index in [9.17, 15) is 9.59 Å². The van der Waals surface area contributed by atoms with E-state index in [1.54, 1.807) is 18.9 Å². The standard InChI is InChI=1S/C12H15ClN4O3/c1-3-20-10(19)6-17-4-8-11(13)14-7-15-12(8)16(2)5-9(17)18/h7H,3-6H2,1-2H3. The average Bonchev–Trinajstić information content (AvgIpc) is 2.50. The smallest absolute Gasteiger partial charge is 0.325 e. The van der Waals surface area contributed by atoms with Crippen LogP contribution < -0.4 is 4.90 Å². The number of hydrogen-bond donors (Lipinski definition) is 0. The molecule has 0 N–H and O–H groups in total. The molecule has 0 aromatic carbocycles. The molecule has 0 bridgehead atoms. The topological polar surface area (TPSA) is 75.6 Å². The van der Waals surface area contributed by atoms with Crippen LogP contribution >= 0.6 is 11.6 Å². The summed E-state index contributed by atoms with van der Waals surface area (Å²) in [5.74, 6) is -0.0285. The molecule has 108 valence electrons. The van der Waals surface area contributed by atoms with Crippen LogP contribution in [-0.4, -0.2) is 53.5 Å². The molecule has 0 fully saturated rings. The van der Waals surface area contributed by atoms with Gasteiger partial charge in [-0.15, -0.1) is 0 Å². The summed E-state index contributed by atoms with van der Waals surface area (Å²) in [5, 5.41) is 0.283. The number of likely N-dealkylation sites (N-methyl/N-ethyl adjacent to an activating group) is 1. The number of anilines is 1. The number of aromatic nitrogens is 2. The Morgan fingerprint density at radius 1 is 1.45 bits per heavy atom. The van der Waals surface area contributed by atoms with Crippen LogP contribution in [0.3, 0.4) is 0 Å². The number of hydrogen-bond acceptors (Lipinski definition) is 6. The van der Waals surface area contributed by atoms with Crippen molar-refractivity contribution in [1.29, 1.82) is 0 Å². The zero-order valence-corrected chi connectivity index (χ0v) is 12.1. The van der Waals surface area contributed by atoms with Crippen LogP contribution in [-0.2, 0) is 20.9 Å². The summed E-state index contributed by atoms with van der Waals surface area (Å²) in [6.07, 6.45) is 1.35. The minimum Gasteiger partial charge on any atom is -0.465 e. The van der Waals surface area contributed by atoms with Crippen molar-refractivity contribution in [2.45, 2.75) is 13.5 Å². The maximum Gasteiger partial charge on any atom is 0.325 e. The number of ether oxygens (including phenoxy) is 1. The van der Waals surface area contributed by atoms with E-state index >= 15 is 0 Å². The third-order valence-corrected chi connectivity index (χ3v) is 3.26. The summed E-state index contributed by atoms with van der Waals surface area (Å²) in [6.45, 7) is 2.21. The average molecular weight is 299 g/mol. The highest BCUT2D eigenvalue weighted by molar-refractivity contribution is 6.30. The van der Waals surface area contributed by atoms with Gasteiger partial charge in [-0.05, 0) is 6.92 Å². The van der Waals surface area contributed by atoms with Gasteiger partial charge in [0, 0.05) is 7.05 Å². The van der Waals surface area contributed by atoms with E-state index in [2.05, 4.69) is 9.97 Å². The van der Waals surface area contributed by atoms with Gasteiger partial charge in [0.1, 0.15) is 23.8 Å². The van der Waals surface area contributed by atoms with Gasteiger partial charge in [-0.1, -0.05) is 11.6 Å². The molecule has 8 heteroatoms. The zero-order chi connectivity index (χ0) is 14.7.